The second kappa shape index (κ2) is 5.76. The van der Waals surface area contributed by atoms with Crippen LogP contribution in [0.2, 0.25) is 0 Å². The first-order valence-corrected chi connectivity index (χ1v) is 4.41. The highest BCUT2D eigenvalue weighted by Crippen LogP contribution is 2.07. The van der Waals surface area contributed by atoms with Gasteiger partial charge in [0.25, 0.3) is 0 Å². The number of hydrogen-bond donors (Lipinski definition) is 0. The minimum absolute atomic E-state index is 1.08. The third-order valence-electron chi connectivity index (χ3n) is 1.82. The fourth-order valence-corrected chi connectivity index (χ4v) is 0.664. The van der Waals surface area contributed by atoms with Gasteiger partial charge in [-0.1, -0.05) is 18.1 Å². The van der Waals surface area contributed by atoms with Crippen molar-refractivity contribution in [3.05, 3.63) is 22.9 Å². The highest BCUT2D eigenvalue weighted by molar-refractivity contribution is 5.72. The van der Waals surface area contributed by atoms with Crippen LogP contribution < -0.4 is 0 Å². The zero-order valence-corrected chi connectivity index (χ0v) is 8.81. The molecule has 0 aliphatic rings. The fraction of sp³-hybridized carbons (Fsp3) is 0.545. The minimum Gasteiger partial charge on any atom is -0.262 e. The molecule has 0 N–H and O–H groups in total. The quantitative estimate of drug-likeness (QED) is 0.565. The number of hydrogen-bond acceptors (Lipinski definition) is 1. The average Bonchev–Trinajstić information content (AvgIpc) is 2.02. The summed E-state index contributed by atoms with van der Waals surface area (Å²) in [6, 6.07) is 0. The lowest BCUT2D eigenvalue weighted by Crippen LogP contribution is -1.79. The zero-order chi connectivity index (χ0) is 9.56. The number of nitrogens with zero attached hydrogens (tertiary/aromatic N) is 1. The Kier molecular flexibility index (Phi) is 5.35. The molecular formula is C11H19N. The molecule has 0 amide bonds. The lowest BCUT2D eigenvalue weighted by atomic mass is 10.2. The van der Waals surface area contributed by atoms with Gasteiger partial charge in [0.15, 0.2) is 0 Å². The molecule has 0 saturated heterocycles. The first-order chi connectivity index (χ1) is 5.57. The molecule has 0 atom stereocenters. The summed E-state index contributed by atoms with van der Waals surface area (Å²) in [5.41, 5.74) is 3.77. The van der Waals surface area contributed by atoms with Gasteiger partial charge in [-0.3, -0.25) is 4.99 Å². The lowest BCUT2D eigenvalue weighted by Gasteiger charge is -1.97. The third kappa shape index (κ3) is 4.89. The zero-order valence-electron chi connectivity index (χ0n) is 8.81. The molecule has 12 heavy (non-hydrogen) atoms. The van der Waals surface area contributed by atoms with Crippen LogP contribution in [0.3, 0.4) is 0 Å². The smallest absolute Gasteiger partial charge is 0.0361 e. The van der Waals surface area contributed by atoms with Gasteiger partial charge in [-0.25, -0.2) is 0 Å². The standard InChI is InChI=1S/C11H19N/c1-6-10(4)11(5)12-8-7-9(2)3/h7-8H,6H2,1-5H3/b11-10-,12-8-. The van der Waals surface area contributed by atoms with E-state index in [1.165, 1.54) is 11.1 Å². The van der Waals surface area contributed by atoms with Crippen molar-refractivity contribution in [1.82, 2.24) is 0 Å². The van der Waals surface area contributed by atoms with Crippen LogP contribution in [0.4, 0.5) is 0 Å². The van der Waals surface area contributed by atoms with Gasteiger partial charge in [-0.15, -0.1) is 0 Å². The number of allylic oxidation sites excluding steroid dienone is 4. The number of aliphatic imine (C=N–C) groups is 1. The highest BCUT2D eigenvalue weighted by Gasteiger charge is 1.88. The normalized spacial score (nSPS) is 13.1. The summed E-state index contributed by atoms with van der Waals surface area (Å²) in [4.78, 5) is 4.31. The topological polar surface area (TPSA) is 12.4 Å². The van der Waals surface area contributed by atoms with Gasteiger partial charge in [-0.05, 0) is 40.2 Å². The van der Waals surface area contributed by atoms with Crippen LogP contribution in [-0.4, -0.2) is 6.21 Å². The summed E-state index contributed by atoms with van der Waals surface area (Å²) in [5.74, 6) is 0. The van der Waals surface area contributed by atoms with Gasteiger partial charge in [0.1, 0.15) is 0 Å². The Hall–Kier alpha value is -0.850. The van der Waals surface area contributed by atoms with E-state index in [1.807, 2.05) is 19.2 Å². The predicted octanol–water partition coefficient (Wildman–Crippen LogP) is 3.73. The van der Waals surface area contributed by atoms with E-state index in [-0.39, 0.29) is 0 Å². The van der Waals surface area contributed by atoms with E-state index in [4.69, 9.17) is 0 Å². The van der Waals surface area contributed by atoms with Crippen molar-refractivity contribution in [1.29, 1.82) is 0 Å². The second-order valence-electron chi connectivity index (χ2n) is 3.24. The van der Waals surface area contributed by atoms with E-state index < -0.39 is 0 Å². The van der Waals surface area contributed by atoms with Crippen molar-refractivity contribution in [2.75, 3.05) is 0 Å². The molecule has 0 aliphatic carbocycles. The van der Waals surface area contributed by atoms with E-state index in [1.54, 1.807) is 0 Å². The Morgan fingerprint density at radius 1 is 1.17 bits per heavy atom. The van der Waals surface area contributed by atoms with E-state index in [2.05, 4.69) is 32.7 Å². The lowest BCUT2D eigenvalue weighted by molar-refractivity contribution is 1.04. The molecule has 0 saturated carbocycles. The molecule has 0 bridgehead atoms. The Morgan fingerprint density at radius 3 is 2.17 bits per heavy atom. The number of rotatable bonds is 3. The van der Waals surface area contributed by atoms with Gasteiger partial charge in [-0.2, -0.15) is 0 Å². The molecule has 0 fully saturated rings. The van der Waals surface area contributed by atoms with Crippen LogP contribution in [0.1, 0.15) is 41.0 Å². The van der Waals surface area contributed by atoms with Crippen LogP contribution in [0.5, 0.6) is 0 Å². The Balaban J connectivity index is 4.27. The molecule has 0 aliphatic heterocycles. The molecule has 0 aromatic carbocycles. The summed E-state index contributed by atoms with van der Waals surface area (Å²) in [5, 5.41) is 0. The Labute approximate surface area is 75.9 Å². The summed E-state index contributed by atoms with van der Waals surface area (Å²) < 4.78 is 0. The molecule has 0 heterocycles. The van der Waals surface area contributed by atoms with Gasteiger partial charge in [0.2, 0.25) is 0 Å². The van der Waals surface area contributed by atoms with Gasteiger partial charge in [0, 0.05) is 11.9 Å². The molecule has 0 aromatic rings. The highest BCUT2D eigenvalue weighted by atomic mass is 14.7. The Morgan fingerprint density at radius 2 is 1.75 bits per heavy atom. The molecule has 0 aromatic heterocycles. The van der Waals surface area contributed by atoms with E-state index in [0.717, 1.165) is 12.1 Å². The van der Waals surface area contributed by atoms with Crippen LogP contribution in [0.15, 0.2) is 27.9 Å². The monoisotopic (exact) mass is 165 g/mol. The third-order valence-corrected chi connectivity index (χ3v) is 1.82. The minimum atomic E-state index is 1.08. The first-order valence-electron chi connectivity index (χ1n) is 4.41. The SMILES string of the molecule is CC/C(C)=C(C)\N=C/C=C(C)C. The summed E-state index contributed by atoms with van der Waals surface area (Å²) in [6.07, 6.45) is 4.97. The Bertz CT molecular complexity index is 215. The van der Waals surface area contributed by atoms with Crippen LogP contribution >= 0.6 is 0 Å². The second-order valence-corrected chi connectivity index (χ2v) is 3.24. The largest absolute Gasteiger partial charge is 0.262 e. The van der Waals surface area contributed by atoms with Crippen molar-refractivity contribution >= 4 is 6.21 Å². The maximum absolute atomic E-state index is 4.31. The van der Waals surface area contributed by atoms with E-state index in [9.17, 15) is 0 Å². The van der Waals surface area contributed by atoms with Gasteiger partial charge >= 0.3 is 0 Å². The molecule has 1 nitrogen and oxygen atoms in total. The van der Waals surface area contributed by atoms with Crippen LogP contribution in [-0.2, 0) is 0 Å². The summed E-state index contributed by atoms with van der Waals surface area (Å²) in [6.45, 7) is 10.5. The molecule has 0 spiro atoms. The maximum Gasteiger partial charge on any atom is 0.0361 e. The van der Waals surface area contributed by atoms with Crippen molar-refractivity contribution in [3.8, 4) is 0 Å². The van der Waals surface area contributed by atoms with Gasteiger partial charge in [0.05, 0.1) is 0 Å². The molecule has 0 radical (unpaired) electrons. The molecule has 0 rings (SSSR count). The van der Waals surface area contributed by atoms with Crippen molar-refractivity contribution in [2.24, 2.45) is 4.99 Å². The van der Waals surface area contributed by atoms with E-state index in [0.29, 0.717) is 0 Å². The van der Waals surface area contributed by atoms with E-state index >= 15 is 0 Å². The van der Waals surface area contributed by atoms with Crippen molar-refractivity contribution < 1.29 is 0 Å². The first kappa shape index (κ1) is 11.2. The summed E-state index contributed by atoms with van der Waals surface area (Å²) >= 11 is 0. The predicted molar refractivity (Wildman–Crippen MR) is 56.6 cm³/mol. The summed E-state index contributed by atoms with van der Waals surface area (Å²) in [7, 11) is 0. The molecule has 1 heteroatoms. The van der Waals surface area contributed by atoms with Crippen LogP contribution in [0, 0.1) is 0 Å². The fourth-order valence-electron chi connectivity index (χ4n) is 0.664. The average molecular weight is 165 g/mol. The van der Waals surface area contributed by atoms with Crippen LogP contribution in [0.25, 0.3) is 0 Å². The molecule has 68 valence electrons. The van der Waals surface area contributed by atoms with Crippen molar-refractivity contribution in [2.45, 2.75) is 41.0 Å². The van der Waals surface area contributed by atoms with Crippen molar-refractivity contribution in [3.63, 3.8) is 0 Å². The van der Waals surface area contributed by atoms with Gasteiger partial charge < -0.3 is 0 Å². The molecular weight excluding hydrogens is 146 g/mol. The maximum atomic E-state index is 4.31. The molecule has 0 unspecified atom stereocenters.